The van der Waals surface area contributed by atoms with E-state index in [4.69, 9.17) is 4.74 Å². The van der Waals surface area contributed by atoms with E-state index in [9.17, 15) is 4.79 Å². The van der Waals surface area contributed by atoms with Crippen molar-refractivity contribution in [1.82, 2.24) is 4.90 Å². The summed E-state index contributed by atoms with van der Waals surface area (Å²) in [5.74, 6) is 0. The molecule has 3 heteroatoms. The van der Waals surface area contributed by atoms with Crippen LogP contribution in [0.3, 0.4) is 0 Å². The molecule has 2 rings (SSSR count). The van der Waals surface area contributed by atoms with Gasteiger partial charge in [-0.1, -0.05) is 27.7 Å². The zero-order chi connectivity index (χ0) is 11.5. The minimum Gasteiger partial charge on any atom is -0.371 e. The maximum Gasteiger partial charge on any atom is 0.209 e. The van der Waals surface area contributed by atoms with Crippen LogP contribution in [0.25, 0.3) is 0 Å². The van der Waals surface area contributed by atoms with Crippen LogP contribution < -0.4 is 0 Å². The highest BCUT2D eigenvalue weighted by Crippen LogP contribution is 2.25. The predicted molar refractivity (Wildman–Crippen MR) is 60.7 cm³/mol. The lowest BCUT2D eigenvalue weighted by atomic mass is 10.0. The summed E-state index contributed by atoms with van der Waals surface area (Å²) in [6, 6.07) is 0. The van der Waals surface area contributed by atoms with E-state index in [0.29, 0.717) is 17.6 Å². The van der Waals surface area contributed by atoms with Crippen LogP contribution in [-0.4, -0.2) is 36.6 Å². The molecule has 1 amide bonds. The second kappa shape index (κ2) is 4.97. The van der Waals surface area contributed by atoms with E-state index in [1.54, 1.807) is 0 Å². The summed E-state index contributed by atoms with van der Waals surface area (Å²) < 4.78 is 5.53. The third kappa shape index (κ3) is 5.17. The second-order valence-corrected chi connectivity index (χ2v) is 6.02. The van der Waals surface area contributed by atoms with Gasteiger partial charge in [-0.05, 0) is 18.3 Å². The van der Waals surface area contributed by atoms with Crippen LogP contribution >= 0.6 is 0 Å². The lowest BCUT2D eigenvalue weighted by Crippen LogP contribution is -2.41. The zero-order valence-electron chi connectivity index (χ0n) is 10.3. The summed E-state index contributed by atoms with van der Waals surface area (Å²) >= 11 is 0. The Morgan fingerprint density at radius 2 is 1.53 bits per heavy atom. The van der Waals surface area contributed by atoms with Crippen molar-refractivity contribution in [3.05, 3.63) is 0 Å². The zero-order valence-corrected chi connectivity index (χ0v) is 10.3. The Balaban J connectivity index is 0.000000195. The standard InChI is InChI=1S/C7H11NO2.C5H12/c9-5-8-3-6-1-2-7(4-8)10-6;1-5(2,3)4/h5-7H,1-4H2;1-4H3. The Labute approximate surface area is 92.8 Å². The number of hydrogen-bond donors (Lipinski definition) is 0. The normalized spacial score (nSPS) is 29.5. The monoisotopic (exact) mass is 213 g/mol. The Morgan fingerprint density at radius 3 is 1.87 bits per heavy atom. The fourth-order valence-electron chi connectivity index (χ4n) is 1.73. The van der Waals surface area contributed by atoms with Gasteiger partial charge in [-0.3, -0.25) is 4.79 Å². The fourth-order valence-corrected chi connectivity index (χ4v) is 1.73. The van der Waals surface area contributed by atoms with Crippen LogP contribution in [0.15, 0.2) is 0 Å². The van der Waals surface area contributed by atoms with Gasteiger partial charge in [0.1, 0.15) is 0 Å². The molecule has 2 aliphatic heterocycles. The summed E-state index contributed by atoms with van der Waals surface area (Å²) in [6.07, 6.45) is 3.87. The van der Waals surface area contributed by atoms with Crippen LogP contribution in [0.2, 0.25) is 0 Å². The molecule has 2 heterocycles. The molecule has 0 aromatic carbocycles. The Hall–Kier alpha value is -0.570. The molecule has 0 radical (unpaired) electrons. The van der Waals surface area contributed by atoms with Crippen molar-refractivity contribution >= 4 is 6.41 Å². The quantitative estimate of drug-likeness (QED) is 0.624. The van der Waals surface area contributed by atoms with E-state index in [1.807, 2.05) is 4.90 Å². The van der Waals surface area contributed by atoms with Crippen molar-refractivity contribution in [2.45, 2.75) is 52.7 Å². The molecule has 0 spiro atoms. The van der Waals surface area contributed by atoms with Gasteiger partial charge in [0.25, 0.3) is 0 Å². The maximum absolute atomic E-state index is 10.3. The van der Waals surface area contributed by atoms with Crippen molar-refractivity contribution in [2.24, 2.45) is 5.41 Å². The van der Waals surface area contributed by atoms with Crippen LogP contribution in [0.1, 0.15) is 40.5 Å². The molecule has 0 aromatic heterocycles. The van der Waals surface area contributed by atoms with Gasteiger partial charge in [-0.2, -0.15) is 0 Å². The molecule has 0 aliphatic carbocycles. The molecule has 0 N–H and O–H groups in total. The minimum atomic E-state index is 0.337. The molecule has 0 aromatic rings. The van der Waals surface area contributed by atoms with Crippen LogP contribution in [0, 0.1) is 5.41 Å². The smallest absolute Gasteiger partial charge is 0.209 e. The highest BCUT2D eigenvalue weighted by Gasteiger charge is 2.32. The van der Waals surface area contributed by atoms with Crippen LogP contribution in [0.4, 0.5) is 0 Å². The first-order chi connectivity index (χ1) is 6.88. The molecule has 0 saturated carbocycles. The number of amides is 1. The highest BCUT2D eigenvalue weighted by atomic mass is 16.5. The number of carbonyl (C=O) groups excluding carboxylic acids is 1. The Morgan fingerprint density at radius 1 is 1.13 bits per heavy atom. The van der Waals surface area contributed by atoms with Crippen molar-refractivity contribution in [3.63, 3.8) is 0 Å². The Kier molecular flexibility index (Phi) is 4.14. The Bertz CT molecular complexity index is 192. The van der Waals surface area contributed by atoms with Gasteiger partial charge in [-0.25, -0.2) is 0 Å². The molecule has 3 nitrogen and oxygen atoms in total. The number of ether oxygens (including phenoxy) is 1. The van der Waals surface area contributed by atoms with Gasteiger partial charge in [0.05, 0.1) is 12.2 Å². The molecule has 2 aliphatic rings. The maximum atomic E-state index is 10.3. The number of nitrogens with zero attached hydrogens (tertiary/aromatic N) is 1. The summed E-state index contributed by atoms with van der Waals surface area (Å²) in [5.41, 5.74) is 0.500. The van der Waals surface area contributed by atoms with Crippen molar-refractivity contribution in [1.29, 1.82) is 0 Å². The van der Waals surface area contributed by atoms with E-state index in [0.717, 1.165) is 32.3 Å². The third-order valence-electron chi connectivity index (χ3n) is 2.22. The van der Waals surface area contributed by atoms with Crippen molar-refractivity contribution in [2.75, 3.05) is 13.1 Å². The molecule has 2 bridgehead atoms. The minimum absolute atomic E-state index is 0.337. The fraction of sp³-hybridized carbons (Fsp3) is 0.917. The molecular formula is C12H23NO2. The number of likely N-dealkylation sites (tertiary alicyclic amines) is 1. The van der Waals surface area contributed by atoms with Crippen LogP contribution in [0.5, 0.6) is 0 Å². The van der Waals surface area contributed by atoms with E-state index < -0.39 is 0 Å². The molecule has 2 saturated heterocycles. The second-order valence-electron chi connectivity index (χ2n) is 6.02. The van der Waals surface area contributed by atoms with E-state index in [2.05, 4.69) is 27.7 Å². The molecule has 2 unspecified atom stereocenters. The van der Waals surface area contributed by atoms with Gasteiger partial charge in [0.2, 0.25) is 6.41 Å². The topological polar surface area (TPSA) is 29.5 Å². The summed E-state index contributed by atoms with van der Waals surface area (Å²) in [5, 5.41) is 0. The first-order valence-corrected chi connectivity index (χ1v) is 5.73. The van der Waals surface area contributed by atoms with E-state index in [1.165, 1.54) is 0 Å². The number of rotatable bonds is 1. The van der Waals surface area contributed by atoms with Gasteiger partial charge in [-0.15, -0.1) is 0 Å². The first kappa shape index (κ1) is 12.5. The van der Waals surface area contributed by atoms with Crippen molar-refractivity contribution in [3.8, 4) is 0 Å². The first-order valence-electron chi connectivity index (χ1n) is 5.73. The number of carbonyl (C=O) groups is 1. The lowest BCUT2D eigenvalue weighted by molar-refractivity contribution is -0.126. The highest BCUT2D eigenvalue weighted by molar-refractivity contribution is 5.47. The largest absolute Gasteiger partial charge is 0.371 e. The number of fused-ring (bicyclic) bond motifs is 2. The average molecular weight is 213 g/mol. The van der Waals surface area contributed by atoms with Gasteiger partial charge < -0.3 is 9.64 Å². The van der Waals surface area contributed by atoms with E-state index >= 15 is 0 Å². The molecule has 2 fully saturated rings. The molecule has 15 heavy (non-hydrogen) atoms. The third-order valence-corrected chi connectivity index (χ3v) is 2.22. The molecule has 88 valence electrons. The molecular weight excluding hydrogens is 190 g/mol. The van der Waals surface area contributed by atoms with Gasteiger partial charge >= 0.3 is 0 Å². The number of morpholine rings is 1. The van der Waals surface area contributed by atoms with E-state index in [-0.39, 0.29) is 0 Å². The lowest BCUT2D eigenvalue weighted by Gasteiger charge is -2.28. The van der Waals surface area contributed by atoms with Crippen LogP contribution in [-0.2, 0) is 9.53 Å². The van der Waals surface area contributed by atoms with Gasteiger partial charge in [0.15, 0.2) is 0 Å². The summed E-state index contributed by atoms with van der Waals surface area (Å²) in [6.45, 7) is 10.4. The molecule has 2 atom stereocenters. The summed E-state index contributed by atoms with van der Waals surface area (Å²) in [4.78, 5) is 12.2. The predicted octanol–water partition coefficient (Wildman–Crippen LogP) is 2.06. The number of hydrogen-bond acceptors (Lipinski definition) is 2. The summed E-state index contributed by atoms with van der Waals surface area (Å²) in [7, 11) is 0. The van der Waals surface area contributed by atoms with Crippen molar-refractivity contribution < 1.29 is 9.53 Å². The van der Waals surface area contributed by atoms with Gasteiger partial charge in [0, 0.05) is 13.1 Å². The average Bonchev–Trinajstić information content (AvgIpc) is 2.42. The SMILES string of the molecule is CC(C)(C)C.O=CN1CC2CCC(C1)O2.